The summed E-state index contributed by atoms with van der Waals surface area (Å²) in [5.41, 5.74) is 0. The van der Waals surface area contributed by atoms with Crippen LogP contribution >= 0.6 is 24.8 Å². The van der Waals surface area contributed by atoms with E-state index in [1.807, 2.05) is 17.8 Å². The minimum Gasteiger partial charge on any atom is -0.240 e. The van der Waals surface area contributed by atoms with Crippen molar-refractivity contribution in [2.45, 2.75) is 13.5 Å². The Labute approximate surface area is 90.6 Å². The van der Waals surface area contributed by atoms with Gasteiger partial charge in [0.2, 0.25) is 6.33 Å². The van der Waals surface area contributed by atoms with Crippen LogP contribution in [0.3, 0.4) is 0 Å². The number of aromatic nitrogens is 2. The van der Waals surface area contributed by atoms with Gasteiger partial charge >= 0.3 is 0 Å². The molecule has 2 nitrogen and oxygen atoms in total. The Balaban J connectivity index is -0.000000213. The van der Waals surface area contributed by atoms with Crippen molar-refractivity contribution in [1.82, 2.24) is 4.57 Å². The van der Waals surface area contributed by atoms with Crippen molar-refractivity contribution in [2.24, 2.45) is 7.05 Å². The van der Waals surface area contributed by atoms with Gasteiger partial charge in [0, 0.05) is 0 Å². The van der Waals surface area contributed by atoms with Gasteiger partial charge in [0.1, 0.15) is 12.4 Å². The maximum atomic E-state index is 2.12. The van der Waals surface area contributed by atoms with Crippen molar-refractivity contribution in [3.8, 4) is 0 Å². The van der Waals surface area contributed by atoms with Crippen LogP contribution in [0.25, 0.3) is 0 Å². The molecule has 0 aliphatic heterocycles. The Morgan fingerprint density at radius 1 is 1.36 bits per heavy atom. The zero-order valence-electron chi connectivity index (χ0n) is 6.15. The van der Waals surface area contributed by atoms with Crippen molar-refractivity contribution in [1.29, 1.82) is 0 Å². The SMILES string of the molecule is CCn1cc[n+](C)c1.Cl.Cl.[AlH3]. The Hall–Kier alpha value is 0.322. The van der Waals surface area contributed by atoms with Crippen molar-refractivity contribution in [2.75, 3.05) is 0 Å². The van der Waals surface area contributed by atoms with Crippen molar-refractivity contribution in [3.05, 3.63) is 18.7 Å². The number of hydrogen-bond acceptors (Lipinski definition) is 0. The van der Waals surface area contributed by atoms with Gasteiger partial charge in [-0.2, -0.15) is 0 Å². The van der Waals surface area contributed by atoms with Crippen LogP contribution in [0.1, 0.15) is 6.92 Å². The highest BCUT2D eigenvalue weighted by atomic mass is 35.5. The Morgan fingerprint density at radius 2 is 1.91 bits per heavy atom. The molecule has 0 N–H and O–H groups in total. The quantitative estimate of drug-likeness (QED) is 0.459. The zero-order valence-corrected chi connectivity index (χ0v) is 7.78. The first-order valence-corrected chi connectivity index (χ1v) is 2.84. The molecular weight excluding hydrogens is 198 g/mol. The maximum absolute atomic E-state index is 2.12. The number of rotatable bonds is 1. The van der Waals surface area contributed by atoms with E-state index in [0.29, 0.717) is 0 Å². The molecule has 0 unspecified atom stereocenters. The molecule has 0 radical (unpaired) electrons. The van der Waals surface area contributed by atoms with Gasteiger partial charge in [-0.05, 0) is 6.92 Å². The number of imidazole rings is 1. The van der Waals surface area contributed by atoms with Gasteiger partial charge in [0.15, 0.2) is 17.4 Å². The first kappa shape index (κ1) is 17.4. The molecule has 1 rings (SSSR count). The van der Waals surface area contributed by atoms with E-state index in [4.69, 9.17) is 0 Å². The van der Waals surface area contributed by atoms with Gasteiger partial charge in [-0.25, -0.2) is 9.13 Å². The molecule has 0 aliphatic rings. The summed E-state index contributed by atoms with van der Waals surface area (Å²) in [6.07, 6.45) is 6.14. The average Bonchev–Trinajstić information content (AvgIpc) is 2.14. The molecule has 11 heavy (non-hydrogen) atoms. The second-order valence-corrected chi connectivity index (χ2v) is 1.91. The molecule has 1 aromatic heterocycles. The summed E-state index contributed by atoms with van der Waals surface area (Å²) in [5.74, 6) is 0. The smallest absolute Gasteiger partial charge is 0.240 e. The monoisotopic (exact) mass is 213 g/mol. The molecular formula is C6H16AlCl2N2+. The highest BCUT2D eigenvalue weighted by Gasteiger charge is 1.92. The van der Waals surface area contributed by atoms with E-state index >= 15 is 0 Å². The highest BCUT2D eigenvalue weighted by Crippen LogP contribution is 1.79. The van der Waals surface area contributed by atoms with Crippen LogP contribution in [0.5, 0.6) is 0 Å². The standard InChI is InChI=1S/C6H11N2.Al.2ClH.3H/c1-3-8-5-4-7(2)6-8;;;;;;/h4-6H,3H2,1-2H3;;2*1H;;;/q+1;;;;;;. The second-order valence-electron chi connectivity index (χ2n) is 1.91. The van der Waals surface area contributed by atoms with Crippen LogP contribution in [-0.2, 0) is 13.6 Å². The summed E-state index contributed by atoms with van der Waals surface area (Å²) >= 11 is 0. The van der Waals surface area contributed by atoms with Crippen LogP contribution in [0.15, 0.2) is 18.7 Å². The molecule has 0 saturated heterocycles. The van der Waals surface area contributed by atoms with Gasteiger partial charge in [0.05, 0.1) is 13.6 Å². The summed E-state index contributed by atoms with van der Waals surface area (Å²) in [7, 11) is 2.02. The largest absolute Gasteiger partial charge is 0.243 e. The molecule has 0 fully saturated rings. The summed E-state index contributed by atoms with van der Waals surface area (Å²) in [5, 5.41) is 0. The third kappa shape index (κ3) is 5.58. The van der Waals surface area contributed by atoms with Gasteiger partial charge in [0.25, 0.3) is 0 Å². The van der Waals surface area contributed by atoms with Crippen LogP contribution in [0.2, 0.25) is 0 Å². The van der Waals surface area contributed by atoms with E-state index in [2.05, 4.69) is 24.0 Å². The van der Waals surface area contributed by atoms with Gasteiger partial charge < -0.3 is 0 Å². The predicted octanol–water partition coefficient (Wildman–Crippen LogP) is -0.00780. The average molecular weight is 214 g/mol. The first-order valence-electron chi connectivity index (χ1n) is 2.84. The number of halogens is 2. The molecule has 0 amide bonds. The summed E-state index contributed by atoms with van der Waals surface area (Å²) < 4.78 is 4.16. The van der Waals surface area contributed by atoms with E-state index in [0.717, 1.165) is 6.54 Å². The van der Waals surface area contributed by atoms with Gasteiger partial charge in [-0.3, -0.25) is 0 Å². The number of nitrogens with zero attached hydrogens (tertiary/aromatic N) is 2. The summed E-state index contributed by atoms with van der Waals surface area (Å²) in [6.45, 7) is 3.18. The Morgan fingerprint density at radius 3 is 2.09 bits per heavy atom. The van der Waals surface area contributed by atoms with E-state index in [9.17, 15) is 0 Å². The maximum Gasteiger partial charge on any atom is 0.243 e. The van der Waals surface area contributed by atoms with E-state index < -0.39 is 0 Å². The minimum absolute atomic E-state index is 0. The fraction of sp³-hybridized carbons (Fsp3) is 0.500. The number of hydrogen-bond donors (Lipinski definition) is 0. The van der Waals surface area contributed by atoms with Crippen molar-refractivity contribution in [3.63, 3.8) is 0 Å². The first-order chi connectivity index (χ1) is 3.83. The summed E-state index contributed by atoms with van der Waals surface area (Å²) in [6, 6.07) is 0. The lowest BCUT2D eigenvalue weighted by Gasteiger charge is -1.81. The van der Waals surface area contributed by atoms with Gasteiger partial charge in [-0.1, -0.05) is 0 Å². The molecule has 1 heterocycles. The van der Waals surface area contributed by atoms with E-state index in [1.54, 1.807) is 0 Å². The van der Waals surface area contributed by atoms with Crippen molar-refractivity contribution >= 4 is 42.2 Å². The highest BCUT2D eigenvalue weighted by molar-refractivity contribution is 5.85. The fourth-order valence-corrected chi connectivity index (χ4v) is 0.689. The second kappa shape index (κ2) is 8.42. The van der Waals surface area contributed by atoms with Crippen LogP contribution in [0, 0.1) is 0 Å². The van der Waals surface area contributed by atoms with Gasteiger partial charge in [-0.15, -0.1) is 24.8 Å². The molecule has 0 aliphatic carbocycles. The van der Waals surface area contributed by atoms with Crippen molar-refractivity contribution < 1.29 is 4.57 Å². The molecule has 0 saturated carbocycles. The lowest BCUT2D eigenvalue weighted by Crippen LogP contribution is -2.23. The third-order valence-corrected chi connectivity index (χ3v) is 1.19. The summed E-state index contributed by atoms with van der Waals surface area (Å²) in [4.78, 5) is 0. The lowest BCUT2D eigenvalue weighted by atomic mass is 10.7. The van der Waals surface area contributed by atoms with E-state index in [-0.39, 0.29) is 42.2 Å². The predicted molar refractivity (Wildman–Crippen MR) is 55.7 cm³/mol. The molecule has 0 atom stereocenters. The molecule has 0 bridgehead atoms. The fourth-order valence-electron chi connectivity index (χ4n) is 0.689. The van der Waals surface area contributed by atoms with Crippen LogP contribution in [0.4, 0.5) is 0 Å². The normalized spacial score (nSPS) is 7.09. The number of aryl methyl sites for hydroxylation is 2. The van der Waals surface area contributed by atoms with Crippen LogP contribution in [-0.4, -0.2) is 21.9 Å². The minimum atomic E-state index is 0. The topological polar surface area (TPSA) is 8.81 Å². The zero-order chi connectivity index (χ0) is 5.98. The molecule has 1 aromatic rings. The molecule has 66 valence electrons. The Kier molecular flexibility index (Phi) is 13.3. The van der Waals surface area contributed by atoms with Crippen LogP contribution < -0.4 is 4.57 Å². The third-order valence-electron chi connectivity index (χ3n) is 1.19. The molecule has 5 heteroatoms. The Bertz CT molecular complexity index is 179. The molecule has 0 aromatic carbocycles. The molecule has 0 spiro atoms. The lowest BCUT2D eigenvalue weighted by molar-refractivity contribution is -0.671. The van der Waals surface area contributed by atoms with E-state index in [1.165, 1.54) is 0 Å².